The number of aromatic nitrogens is 2. The van der Waals surface area contributed by atoms with Gasteiger partial charge in [-0.05, 0) is 12.5 Å². The van der Waals surface area contributed by atoms with Crippen LogP contribution in [0.4, 0.5) is 5.82 Å². The summed E-state index contributed by atoms with van der Waals surface area (Å²) in [7, 11) is 1.56. The summed E-state index contributed by atoms with van der Waals surface area (Å²) in [6.45, 7) is 2.01. The van der Waals surface area contributed by atoms with Crippen molar-refractivity contribution in [2.45, 2.75) is 6.92 Å². The minimum atomic E-state index is 0.408. The highest BCUT2D eigenvalue weighted by atomic mass is 16.5. The standard InChI is InChI=1S/C12H13N3O/c1-8-5-3-4-6-9(8)12-14-10(13)7-11(15-12)16-2/h3-7H,1-2H3,(H2,13,14,15). The van der Waals surface area contributed by atoms with Crippen LogP contribution in [0.25, 0.3) is 11.4 Å². The van der Waals surface area contributed by atoms with Gasteiger partial charge in [-0.2, -0.15) is 4.98 Å². The molecule has 2 aromatic rings. The smallest absolute Gasteiger partial charge is 0.218 e. The van der Waals surface area contributed by atoms with Gasteiger partial charge < -0.3 is 10.5 Å². The number of hydrogen-bond acceptors (Lipinski definition) is 4. The molecule has 0 spiro atoms. The third kappa shape index (κ3) is 1.95. The molecule has 0 aliphatic heterocycles. The lowest BCUT2D eigenvalue weighted by Crippen LogP contribution is -1.99. The van der Waals surface area contributed by atoms with Crippen molar-refractivity contribution in [3.05, 3.63) is 35.9 Å². The fourth-order valence-corrected chi connectivity index (χ4v) is 1.49. The number of nitrogens with zero attached hydrogens (tertiary/aromatic N) is 2. The maximum absolute atomic E-state index is 5.69. The van der Waals surface area contributed by atoms with Crippen molar-refractivity contribution >= 4 is 5.82 Å². The Balaban J connectivity index is 2.56. The largest absolute Gasteiger partial charge is 0.481 e. The summed E-state index contributed by atoms with van der Waals surface area (Å²) in [5, 5.41) is 0. The summed E-state index contributed by atoms with van der Waals surface area (Å²) in [6.07, 6.45) is 0. The molecule has 0 amide bonds. The van der Waals surface area contributed by atoms with Crippen molar-refractivity contribution < 1.29 is 4.74 Å². The maximum Gasteiger partial charge on any atom is 0.218 e. The number of nitrogens with two attached hydrogens (primary N) is 1. The van der Waals surface area contributed by atoms with Crippen LogP contribution in [-0.4, -0.2) is 17.1 Å². The second kappa shape index (κ2) is 4.18. The molecule has 1 aromatic carbocycles. The first-order valence-electron chi connectivity index (χ1n) is 4.95. The van der Waals surface area contributed by atoms with E-state index in [4.69, 9.17) is 10.5 Å². The molecular weight excluding hydrogens is 202 g/mol. The number of hydrogen-bond donors (Lipinski definition) is 1. The number of methoxy groups -OCH3 is 1. The highest BCUT2D eigenvalue weighted by Crippen LogP contribution is 2.22. The minimum Gasteiger partial charge on any atom is -0.481 e. The Morgan fingerprint density at radius 1 is 1.19 bits per heavy atom. The molecule has 0 aliphatic rings. The van der Waals surface area contributed by atoms with Gasteiger partial charge in [-0.3, -0.25) is 0 Å². The van der Waals surface area contributed by atoms with Crippen molar-refractivity contribution in [2.75, 3.05) is 12.8 Å². The van der Waals surface area contributed by atoms with E-state index in [1.807, 2.05) is 31.2 Å². The maximum atomic E-state index is 5.69. The van der Waals surface area contributed by atoms with Crippen molar-refractivity contribution in [2.24, 2.45) is 0 Å². The Bertz CT molecular complexity index is 511. The van der Waals surface area contributed by atoms with E-state index in [9.17, 15) is 0 Å². The van der Waals surface area contributed by atoms with E-state index in [-0.39, 0.29) is 0 Å². The van der Waals surface area contributed by atoms with Crippen molar-refractivity contribution in [1.82, 2.24) is 9.97 Å². The number of nitrogen functional groups attached to an aromatic ring is 1. The first kappa shape index (κ1) is 10.4. The van der Waals surface area contributed by atoms with Crippen molar-refractivity contribution in [1.29, 1.82) is 0 Å². The predicted octanol–water partition coefficient (Wildman–Crippen LogP) is 2.04. The second-order valence-electron chi connectivity index (χ2n) is 3.47. The molecule has 82 valence electrons. The highest BCUT2D eigenvalue weighted by Gasteiger charge is 2.07. The van der Waals surface area contributed by atoms with Crippen LogP contribution in [-0.2, 0) is 0 Å². The third-order valence-corrected chi connectivity index (χ3v) is 2.32. The lowest BCUT2D eigenvalue weighted by molar-refractivity contribution is 0.398. The van der Waals surface area contributed by atoms with Crippen LogP contribution < -0.4 is 10.5 Å². The van der Waals surface area contributed by atoms with Crippen molar-refractivity contribution in [3.63, 3.8) is 0 Å². The Labute approximate surface area is 94.1 Å². The second-order valence-corrected chi connectivity index (χ2v) is 3.47. The fourth-order valence-electron chi connectivity index (χ4n) is 1.49. The molecule has 0 fully saturated rings. The molecule has 0 saturated carbocycles. The Kier molecular flexibility index (Phi) is 2.72. The molecule has 1 heterocycles. The molecule has 0 bridgehead atoms. The third-order valence-electron chi connectivity index (χ3n) is 2.32. The normalized spacial score (nSPS) is 10.1. The van der Waals surface area contributed by atoms with E-state index in [0.717, 1.165) is 11.1 Å². The molecule has 2 N–H and O–H groups in total. The van der Waals surface area contributed by atoms with Crippen molar-refractivity contribution in [3.8, 4) is 17.3 Å². The summed E-state index contributed by atoms with van der Waals surface area (Å²) < 4.78 is 5.07. The van der Waals surface area contributed by atoms with Gasteiger partial charge in [0.05, 0.1) is 7.11 Å². The highest BCUT2D eigenvalue weighted by molar-refractivity contribution is 5.61. The summed E-state index contributed by atoms with van der Waals surface area (Å²) in [6, 6.07) is 9.49. The van der Waals surface area contributed by atoms with Gasteiger partial charge in [0.25, 0.3) is 0 Å². The van der Waals surface area contributed by atoms with Gasteiger partial charge in [-0.15, -0.1) is 0 Å². The van der Waals surface area contributed by atoms with Crippen LogP contribution in [0.1, 0.15) is 5.56 Å². The van der Waals surface area contributed by atoms with E-state index in [0.29, 0.717) is 17.5 Å². The Morgan fingerprint density at radius 3 is 2.62 bits per heavy atom. The molecule has 1 aromatic heterocycles. The fraction of sp³-hybridized carbons (Fsp3) is 0.167. The topological polar surface area (TPSA) is 61.0 Å². The predicted molar refractivity (Wildman–Crippen MR) is 63.2 cm³/mol. The van der Waals surface area contributed by atoms with Crippen LogP contribution in [0.5, 0.6) is 5.88 Å². The van der Waals surface area contributed by atoms with Crippen LogP contribution in [0.15, 0.2) is 30.3 Å². The van der Waals surface area contributed by atoms with Gasteiger partial charge in [0.2, 0.25) is 5.88 Å². The van der Waals surface area contributed by atoms with Gasteiger partial charge in [-0.25, -0.2) is 4.98 Å². The molecule has 4 heteroatoms. The van der Waals surface area contributed by atoms with Gasteiger partial charge in [-0.1, -0.05) is 24.3 Å². The molecule has 0 saturated heterocycles. The zero-order valence-corrected chi connectivity index (χ0v) is 9.27. The molecular formula is C12H13N3O. The first-order valence-corrected chi connectivity index (χ1v) is 4.95. The molecule has 0 aliphatic carbocycles. The average molecular weight is 215 g/mol. The average Bonchev–Trinajstić information content (AvgIpc) is 2.28. The first-order chi connectivity index (χ1) is 7.70. The van der Waals surface area contributed by atoms with Gasteiger partial charge in [0.1, 0.15) is 5.82 Å². The summed E-state index contributed by atoms with van der Waals surface area (Å²) in [5.41, 5.74) is 7.76. The van der Waals surface area contributed by atoms with E-state index in [1.165, 1.54) is 0 Å². The van der Waals surface area contributed by atoms with Gasteiger partial charge in [0.15, 0.2) is 5.82 Å². The summed E-state index contributed by atoms with van der Waals surface area (Å²) in [4.78, 5) is 8.47. The lowest BCUT2D eigenvalue weighted by Gasteiger charge is -2.06. The van der Waals surface area contributed by atoms with E-state index < -0.39 is 0 Å². The van der Waals surface area contributed by atoms with Crippen LogP contribution in [0.3, 0.4) is 0 Å². The van der Waals surface area contributed by atoms with Crippen LogP contribution in [0.2, 0.25) is 0 Å². The van der Waals surface area contributed by atoms with Gasteiger partial charge in [0, 0.05) is 11.6 Å². The number of benzene rings is 1. The Hall–Kier alpha value is -2.10. The van der Waals surface area contributed by atoms with E-state index in [2.05, 4.69) is 9.97 Å². The molecule has 4 nitrogen and oxygen atoms in total. The SMILES string of the molecule is COc1cc(N)nc(-c2ccccc2C)n1. The van der Waals surface area contributed by atoms with E-state index >= 15 is 0 Å². The molecule has 0 unspecified atom stereocenters. The van der Waals surface area contributed by atoms with Crippen LogP contribution >= 0.6 is 0 Å². The molecule has 16 heavy (non-hydrogen) atoms. The number of aryl methyl sites for hydroxylation is 1. The van der Waals surface area contributed by atoms with Crippen LogP contribution in [0, 0.1) is 6.92 Å². The lowest BCUT2D eigenvalue weighted by atomic mass is 10.1. The quantitative estimate of drug-likeness (QED) is 0.832. The number of anilines is 1. The van der Waals surface area contributed by atoms with Gasteiger partial charge >= 0.3 is 0 Å². The number of ether oxygens (including phenoxy) is 1. The zero-order chi connectivity index (χ0) is 11.5. The molecule has 0 atom stereocenters. The Morgan fingerprint density at radius 2 is 1.94 bits per heavy atom. The molecule has 0 radical (unpaired) electrons. The minimum absolute atomic E-state index is 0.408. The summed E-state index contributed by atoms with van der Waals surface area (Å²) >= 11 is 0. The monoisotopic (exact) mass is 215 g/mol. The number of rotatable bonds is 2. The van der Waals surface area contributed by atoms with E-state index in [1.54, 1.807) is 13.2 Å². The summed E-state index contributed by atoms with van der Waals surface area (Å²) in [5.74, 6) is 1.48. The molecule has 2 rings (SSSR count). The zero-order valence-electron chi connectivity index (χ0n) is 9.27.